The Morgan fingerprint density at radius 3 is 2.65 bits per heavy atom. The normalized spacial score (nSPS) is 12.4. The first-order valence-corrected chi connectivity index (χ1v) is 8.86. The SMILES string of the molecule is CCC(C(=O)Nc1ccccc1C(C)C)n1c(N)nnc1SC. The highest BCUT2D eigenvalue weighted by atomic mass is 32.2. The Morgan fingerprint density at radius 1 is 1.35 bits per heavy atom. The fraction of sp³-hybridized carbons (Fsp3) is 0.438. The minimum Gasteiger partial charge on any atom is -0.368 e. The quantitative estimate of drug-likeness (QED) is 0.792. The number of hydrogen-bond acceptors (Lipinski definition) is 5. The van der Waals surface area contributed by atoms with E-state index < -0.39 is 6.04 Å². The van der Waals surface area contributed by atoms with Crippen molar-refractivity contribution in [2.24, 2.45) is 0 Å². The van der Waals surface area contributed by atoms with E-state index in [1.165, 1.54) is 11.8 Å². The van der Waals surface area contributed by atoms with E-state index in [4.69, 9.17) is 5.73 Å². The maximum absolute atomic E-state index is 12.8. The molecule has 0 saturated heterocycles. The van der Waals surface area contributed by atoms with Crippen LogP contribution in [0, 0.1) is 0 Å². The van der Waals surface area contributed by atoms with Crippen molar-refractivity contribution in [2.45, 2.75) is 44.3 Å². The predicted octanol–water partition coefficient (Wildman–Crippen LogP) is 3.30. The zero-order chi connectivity index (χ0) is 17.0. The van der Waals surface area contributed by atoms with Crippen LogP contribution in [0.4, 0.5) is 11.6 Å². The molecule has 2 rings (SSSR count). The summed E-state index contributed by atoms with van der Waals surface area (Å²) < 4.78 is 1.69. The molecule has 0 saturated carbocycles. The number of nitrogens with one attached hydrogen (secondary N) is 1. The fourth-order valence-electron chi connectivity index (χ4n) is 2.54. The highest BCUT2D eigenvalue weighted by Gasteiger charge is 2.25. The van der Waals surface area contributed by atoms with Gasteiger partial charge in [-0.3, -0.25) is 9.36 Å². The molecule has 1 aromatic heterocycles. The predicted molar refractivity (Wildman–Crippen MR) is 94.7 cm³/mol. The molecule has 124 valence electrons. The summed E-state index contributed by atoms with van der Waals surface area (Å²) in [5, 5.41) is 11.6. The minimum absolute atomic E-state index is 0.109. The standard InChI is InChI=1S/C16H23N5OS/c1-5-13(21-15(17)19-20-16(21)23-4)14(22)18-12-9-7-6-8-11(12)10(2)3/h6-10,13H,5H2,1-4H3,(H2,17,19)(H,18,22). The lowest BCUT2D eigenvalue weighted by Gasteiger charge is -2.20. The van der Waals surface area contributed by atoms with Gasteiger partial charge in [-0.25, -0.2) is 0 Å². The number of anilines is 2. The second-order valence-electron chi connectivity index (χ2n) is 5.57. The number of para-hydroxylation sites is 1. The molecule has 3 N–H and O–H groups in total. The molecule has 0 radical (unpaired) electrons. The lowest BCUT2D eigenvalue weighted by molar-refractivity contribution is -0.119. The number of nitrogens with zero attached hydrogens (tertiary/aromatic N) is 3. The highest BCUT2D eigenvalue weighted by Crippen LogP contribution is 2.27. The van der Waals surface area contributed by atoms with Crippen molar-refractivity contribution in [3.8, 4) is 0 Å². The van der Waals surface area contributed by atoms with Crippen LogP contribution in [0.25, 0.3) is 0 Å². The molecule has 1 heterocycles. The number of hydrogen-bond donors (Lipinski definition) is 2. The summed E-state index contributed by atoms with van der Waals surface area (Å²) in [7, 11) is 0. The van der Waals surface area contributed by atoms with Crippen molar-refractivity contribution in [2.75, 3.05) is 17.3 Å². The lowest BCUT2D eigenvalue weighted by Crippen LogP contribution is -2.27. The third kappa shape index (κ3) is 3.67. The average Bonchev–Trinajstić information content (AvgIpc) is 2.89. The van der Waals surface area contributed by atoms with E-state index >= 15 is 0 Å². The van der Waals surface area contributed by atoms with Gasteiger partial charge in [-0.05, 0) is 30.2 Å². The number of rotatable bonds is 6. The Labute approximate surface area is 140 Å². The molecule has 0 fully saturated rings. The van der Waals surface area contributed by atoms with Crippen LogP contribution < -0.4 is 11.1 Å². The van der Waals surface area contributed by atoms with E-state index in [1.807, 2.05) is 37.4 Å². The van der Waals surface area contributed by atoms with Crippen molar-refractivity contribution in [1.29, 1.82) is 0 Å². The van der Waals surface area contributed by atoms with Crippen LogP contribution in [0.3, 0.4) is 0 Å². The van der Waals surface area contributed by atoms with Crippen LogP contribution in [0.15, 0.2) is 29.4 Å². The number of benzene rings is 1. The number of thioether (sulfide) groups is 1. The first-order valence-electron chi connectivity index (χ1n) is 7.63. The smallest absolute Gasteiger partial charge is 0.247 e. The Bertz CT molecular complexity index is 683. The fourth-order valence-corrected chi connectivity index (χ4v) is 3.08. The number of nitrogens with two attached hydrogens (primary N) is 1. The molecule has 2 aromatic rings. The third-order valence-corrected chi connectivity index (χ3v) is 4.36. The van der Waals surface area contributed by atoms with Crippen LogP contribution in [0.2, 0.25) is 0 Å². The molecule has 0 aliphatic carbocycles. The first-order chi connectivity index (χ1) is 11.0. The van der Waals surface area contributed by atoms with Crippen LogP contribution in [0.1, 0.15) is 44.7 Å². The summed E-state index contributed by atoms with van der Waals surface area (Å²) in [6.07, 6.45) is 2.49. The van der Waals surface area contributed by atoms with Crippen molar-refractivity contribution in [3.63, 3.8) is 0 Å². The lowest BCUT2D eigenvalue weighted by atomic mass is 10.0. The van der Waals surface area contributed by atoms with E-state index in [9.17, 15) is 4.79 Å². The first kappa shape index (κ1) is 17.3. The van der Waals surface area contributed by atoms with Gasteiger partial charge in [0.15, 0.2) is 5.16 Å². The molecule has 0 bridgehead atoms. The largest absolute Gasteiger partial charge is 0.368 e. The van der Waals surface area contributed by atoms with E-state index in [0.717, 1.165) is 11.3 Å². The highest BCUT2D eigenvalue weighted by molar-refractivity contribution is 7.98. The maximum atomic E-state index is 12.8. The summed E-state index contributed by atoms with van der Waals surface area (Å²) >= 11 is 1.42. The number of amides is 1. The molecular weight excluding hydrogens is 310 g/mol. The number of carbonyl (C=O) groups excluding carboxylic acids is 1. The molecule has 0 aliphatic rings. The molecule has 7 heteroatoms. The van der Waals surface area contributed by atoms with Gasteiger partial charge < -0.3 is 11.1 Å². The molecular formula is C16H23N5OS. The average molecular weight is 333 g/mol. The Morgan fingerprint density at radius 2 is 2.04 bits per heavy atom. The van der Waals surface area contributed by atoms with E-state index in [0.29, 0.717) is 17.5 Å². The van der Waals surface area contributed by atoms with E-state index in [1.54, 1.807) is 4.57 Å². The Kier molecular flexibility index (Phi) is 5.65. The van der Waals surface area contributed by atoms with Crippen molar-refractivity contribution in [1.82, 2.24) is 14.8 Å². The second-order valence-corrected chi connectivity index (χ2v) is 6.34. The van der Waals surface area contributed by atoms with E-state index in [2.05, 4.69) is 29.4 Å². The zero-order valence-electron chi connectivity index (χ0n) is 13.9. The van der Waals surface area contributed by atoms with Crippen LogP contribution in [-0.2, 0) is 4.79 Å². The van der Waals surface area contributed by atoms with Gasteiger partial charge >= 0.3 is 0 Å². The van der Waals surface area contributed by atoms with Crippen molar-refractivity contribution >= 4 is 29.3 Å². The van der Waals surface area contributed by atoms with Gasteiger partial charge in [0.05, 0.1) is 0 Å². The van der Waals surface area contributed by atoms with Gasteiger partial charge in [-0.1, -0.05) is 50.7 Å². The molecule has 23 heavy (non-hydrogen) atoms. The monoisotopic (exact) mass is 333 g/mol. The van der Waals surface area contributed by atoms with Crippen LogP contribution in [0.5, 0.6) is 0 Å². The minimum atomic E-state index is -0.437. The summed E-state index contributed by atoms with van der Waals surface area (Å²) in [4.78, 5) is 12.8. The second kappa shape index (κ2) is 7.50. The Balaban J connectivity index is 2.30. The Hall–Kier alpha value is -2.02. The molecule has 0 spiro atoms. The molecule has 1 amide bonds. The summed E-state index contributed by atoms with van der Waals surface area (Å²) in [6, 6.07) is 7.41. The molecule has 0 aliphatic heterocycles. The van der Waals surface area contributed by atoms with Gasteiger partial charge in [0.2, 0.25) is 11.9 Å². The van der Waals surface area contributed by atoms with E-state index in [-0.39, 0.29) is 11.9 Å². The van der Waals surface area contributed by atoms with Gasteiger partial charge in [0.25, 0.3) is 0 Å². The third-order valence-electron chi connectivity index (χ3n) is 3.72. The summed E-state index contributed by atoms with van der Waals surface area (Å²) in [6.45, 7) is 6.15. The molecule has 1 unspecified atom stereocenters. The van der Waals surface area contributed by atoms with Crippen molar-refractivity contribution in [3.05, 3.63) is 29.8 Å². The number of aromatic nitrogens is 3. The summed E-state index contributed by atoms with van der Waals surface area (Å²) in [5.41, 5.74) is 7.84. The topological polar surface area (TPSA) is 85.8 Å². The van der Waals surface area contributed by atoms with Gasteiger partial charge in [0, 0.05) is 5.69 Å². The van der Waals surface area contributed by atoms with Crippen LogP contribution in [-0.4, -0.2) is 26.9 Å². The number of nitrogen functional groups attached to an aromatic ring is 1. The zero-order valence-corrected chi connectivity index (χ0v) is 14.7. The van der Waals surface area contributed by atoms with Gasteiger partial charge in [-0.15, -0.1) is 10.2 Å². The number of carbonyl (C=O) groups is 1. The van der Waals surface area contributed by atoms with Gasteiger partial charge in [-0.2, -0.15) is 0 Å². The van der Waals surface area contributed by atoms with Gasteiger partial charge in [0.1, 0.15) is 6.04 Å². The molecule has 6 nitrogen and oxygen atoms in total. The molecule has 1 aromatic carbocycles. The molecule has 1 atom stereocenters. The maximum Gasteiger partial charge on any atom is 0.247 e. The summed E-state index contributed by atoms with van der Waals surface area (Å²) in [5.74, 6) is 0.476. The van der Waals surface area contributed by atoms with Crippen molar-refractivity contribution < 1.29 is 4.79 Å². The van der Waals surface area contributed by atoms with Crippen LogP contribution >= 0.6 is 11.8 Å².